The average Bonchev–Trinajstić information content (AvgIpc) is 2.06. The SMILES string of the molecule is CC(N)Oc1ccc(CC(N)=O)cc1. The summed E-state index contributed by atoms with van der Waals surface area (Å²) < 4.78 is 5.24. The van der Waals surface area contributed by atoms with Gasteiger partial charge >= 0.3 is 0 Å². The van der Waals surface area contributed by atoms with E-state index in [1.165, 1.54) is 0 Å². The summed E-state index contributed by atoms with van der Waals surface area (Å²) in [5.74, 6) is 0.346. The summed E-state index contributed by atoms with van der Waals surface area (Å²) in [4.78, 5) is 10.6. The van der Waals surface area contributed by atoms with Crippen molar-refractivity contribution in [1.29, 1.82) is 0 Å². The smallest absolute Gasteiger partial charge is 0.221 e. The molecule has 1 aromatic carbocycles. The highest BCUT2D eigenvalue weighted by Crippen LogP contribution is 2.12. The van der Waals surface area contributed by atoms with Crippen LogP contribution in [-0.2, 0) is 11.2 Å². The molecule has 0 aliphatic rings. The maximum absolute atomic E-state index is 10.6. The molecule has 1 atom stereocenters. The maximum atomic E-state index is 10.6. The van der Waals surface area contributed by atoms with Gasteiger partial charge in [-0.25, -0.2) is 0 Å². The van der Waals surface area contributed by atoms with Gasteiger partial charge in [-0.1, -0.05) is 12.1 Å². The fraction of sp³-hybridized carbons (Fsp3) is 0.300. The Hall–Kier alpha value is -1.55. The molecule has 0 saturated carbocycles. The van der Waals surface area contributed by atoms with Crippen molar-refractivity contribution in [3.05, 3.63) is 29.8 Å². The number of rotatable bonds is 4. The van der Waals surface area contributed by atoms with Gasteiger partial charge in [-0.3, -0.25) is 10.5 Å². The van der Waals surface area contributed by atoms with Crippen molar-refractivity contribution >= 4 is 5.91 Å². The molecule has 1 unspecified atom stereocenters. The molecule has 4 heteroatoms. The van der Waals surface area contributed by atoms with E-state index in [1.807, 2.05) is 0 Å². The van der Waals surface area contributed by atoms with Crippen molar-refractivity contribution in [2.75, 3.05) is 0 Å². The fourth-order valence-corrected chi connectivity index (χ4v) is 1.10. The van der Waals surface area contributed by atoms with Crippen LogP contribution in [0.15, 0.2) is 24.3 Å². The van der Waals surface area contributed by atoms with Crippen LogP contribution in [0.5, 0.6) is 5.75 Å². The maximum Gasteiger partial charge on any atom is 0.221 e. The van der Waals surface area contributed by atoms with Crippen LogP contribution in [-0.4, -0.2) is 12.1 Å². The molecule has 1 aromatic rings. The molecule has 1 amide bonds. The van der Waals surface area contributed by atoms with Crippen LogP contribution in [0.1, 0.15) is 12.5 Å². The number of carbonyl (C=O) groups excluding carboxylic acids is 1. The Morgan fingerprint density at radius 3 is 2.43 bits per heavy atom. The van der Waals surface area contributed by atoms with Crippen molar-refractivity contribution < 1.29 is 9.53 Å². The van der Waals surface area contributed by atoms with Crippen molar-refractivity contribution in [1.82, 2.24) is 0 Å². The van der Waals surface area contributed by atoms with Gasteiger partial charge in [0.1, 0.15) is 12.0 Å². The van der Waals surface area contributed by atoms with Crippen LogP contribution in [0.2, 0.25) is 0 Å². The van der Waals surface area contributed by atoms with Crippen molar-refractivity contribution in [2.24, 2.45) is 11.5 Å². The Morgan fingerprint density at radius 1 is 1.43 bits per heavy atom. The van der Waals surface area contributed by atoms with Crippen LogP contribution in [0.4, 0.5) is 0 Å². The van der Waals surface area contributed by atoms with E-state index >= 15 is 0 Å². The minimum atomic E-state index is -0.342. The standard InChI is InChI=1S/C10H14N2O2/c1-7(11)14-9-4-2-8(3-5-9)6-10(12)13/h2-5,7H,6,11H2,1H3,(H2,12,13). The number of primary amides is 1. The number of amides is 1. The Balaban J connectivity index is 2.63. The molecule has 0 aliphatic heterocycles. The topological polar surface area (TPSA) is 78.3 Å². The Morgan fingerprint density at radius 2 is 2.00 bits per heavy atom. The van der Waals surface area contributed by atoms with Gasteiger partial charge in [0.05, 0.1) is 6.42 Å². The molecular weight excluding hydrogens is 180 g/mol. The van der Waals surface area contributed by atoms with Gasteiger partial charge in [0.2, 0.25) is 5.91 Å². The second kappa shape index (κ2) is 4.62. The summed E-state index contributed by atoms with van der Waals surface area (Å²) in [5, 5.41) is 0. The first-order valence-electron chi connectivity index (χ1n) is 4.37. The van der Waals surface area contributed by atoms with Gasteiger partial charge in [0, 0.05) is 0 Å². The molecule has 0 aliphatic carbocycles. The summed E-state index contributed by atoms with van der Waals surface area (Å²) in [6, 6.07) is 7.12. The molecule has 0 fully saturated rings. The quantitative estimate of drug-likeness (QED) is 0.681. The summed E-state index contributed by atoms with van der Waals surface area (Å²) in [6.07, 6.45) is -0.0876. The lowest BCUT2D eigenvalue weighted by atomic mass is 10.1. The van der Waals surface area contributed by atoms with E-state index in [9.17, 15) is 4.79 Å². The van der Waals surface area contributed by atoms with E-state index < -0.39 is 0 Å². The molecule has 0 radical (unpaired) electrons. The lowest BCUT2D eigenvalue weighted by molar-refractivity contribution is -0.117. The van der Waals surface area contributed by atoms with E-state index in [0.717, 1.165) is 5.56 Å². The Kier molecular flexibility index (Phi) is 3.48. The summed E-state index contributed by atoms with van der Waals surface area (Å²) >= 11 is 0. The number of nitrogens with two attached hydrogens (primary N) is 2. The zero-order valence-corrected chi connectivity index (χ0v) is 8.07. The molecular formula is C10H14N2O2. The number of hydrogen-bond donors (Lipinski definition) is 2. The number of carbonyl (C=O) groups is 1. The first-order valence-corrected chi connectivity index (χ1v) is 4.37. The normalized spacial score (nSPS) is 12.1. The monoisotopic (exact) mass is 194 g/mol. The zero-order chi connectivity index (χ0) is 10.6. The number of benzene rings is 1. The van der Waals surface area contributed by atoms with E-state index in [2.05, 4.69) is 0 Å². The summed E-state index contributed by atoms with van der Waals surface area (Å²) in [5.41, 5.74) is 11.4. The van der Waals surface area contributed by atoms with E-state index in [4.69, 9.17) is 16.2 Å². The third-order valence-electron chi connectivity index (χ3n) is 1.62. The zero-order valence-electron chi connectivity index (χ0n) is 8.07. The second-order valence-electron chi connectivity index (χ2n) is 3.11. The Bertz CT molecular complexity index is 306. The van der Waals surface area contributed by atoms with Gasteiger partial charge in [-0.15, -0.1) is 0 Å². The van der Waals surface area contributed by atoms with Gasteiger partial charge in [0.25, 0.3) is 0 Å². The molecule has 0 heterocycles. The average molecular weight is 194 g/mol. The second-order valence-corrected chi connectivity index (χ2v) is 3.11. The van der Waals surface area contributed by atoms with Crippen LogP contribution in [0, 0.1) is 0 Å². The molecule has 0 aromatic heterocycles. The van der Waals surface area contributed by atoms with Gasteiger partial charge in [0.15, 0.2) is 0 Å². The molecule has 0 spiro atoms. The predicted molar refractivity (Wildman–Crippen MR) is 53.6 cm³/mol. The highest BCUT2D eigenvalue weighted by Gasteiger charge is 2.00. The molecule has 14 heavy (non-hydrogen) atoms. The Labute approximate surface area is 82.8 Å². The number of ether oxygens (including phenoxy) is 1. The van der Waals surface area contributed by atoms with Crippen molar-refractivity contribution in [2.45, 2.75) is 19.6 Å². The van der Waals surface area contributed by atoms with Crippen LogP contribution in [0.3, 0.4) is 0 Å². The highest BCUT2D eigenvalue weighted by molar-refractivity contribution is 5.76. The lowest BCUT2D eigenvalue weighted by Gasteiger charge is -2.09. The van der Waals surface area contributed by atoms with Crippen LogP contribution in [0.25, 0.3) is 0 Å². The minimum Gasteiger partial charge on any atom is -0.476 e. The van der Waals surface area contributed by atoms with Gasteiger partial charge in [-0.05, 0) is 24.6 Å². The predicted octanol–water partition coefficient (Wildman–Crippen LogP) is 0.398. The molecule has 76 valence electrons. The van der Waals surface area contributed by atoms with Gasteiger partial charge in [-0.2, -0.15) is 0 Å². The van der Waals surface area contributed by atoms with E-state index in [1.54, 1.807) is 31.2 Å². The number of hydrogen-bond acceptors (Lipinski definition) is 3. The van der Waals surface area contributed by atoms with Crippen molar-refractivity contribution in [3.63, 3.8) is 0 Å². The minimum absolute atomic E-state index is 0.248. The fourth-order valence-electron chi connectivity index (χ4n) is 1.10. The molecule has 0 saturated heterocycles. The lowest BCUT2D eigenvalue weighted by Crippen LogP contribution is -2.22. The molecule has 0 bridgehead atoms. The largest absolute Gasteiger partial charge is 0.476 e. The molecule has 4 nitrogen and oxygen atoms in total. The van der Waals surface area contributed by atoms with Gasteiger partial charge < -0.3 is 10.5 Å². The highest BCUT2D eigenvalue weighted by atomic mass is 16.5. The summed E-state index contributed by atoms with van der Waals surface area (Å²) in [6.45, 7) is 1.75. The first kappa shape index (κ1) is 10.5. The van der Waals surface area contributed by atoms with Crippen LogP contribution < -0.4 is 16.2 Å². The molecule has 4 N–H and O–H groups in total. The van der Waals surface area contributed by atoms with E-state index in [0.29, 0.717) is 5.75 Å². The van der Waals surface area contributed by atoms with E-state index in [-0.39, 0.29) is 18.6 Å². The molecule has 1 rings (SSSR count). The van der Waals surface area contributed by atoms with Crippen LogP contribution >= 0.6 is 0 Å². The van der Waals surface area contributed by atoms with Crippen molar-refractivity contribution in [3.8, 4) is 5.75 Å². The summed E-state index contributed by atoms with van der Waals surface area (Å²) in [7, 11) is 0. The third-order valence-corrected chi connectivity index (χ3v) is 1.62. The first-order chi connectivity index (χ1) is 6.58. The third kappa shape index (κ3) is 3.45.